The molecule has 0 fully saturated rings. The summed E-state index contributed by atoms with van der Waals surface area (Å²) >= 11 is 6.36. The van der Waals surface area contributed by atoms with Gasteiger partial charge in [-0.2, -0.15) is 23.1 Å². The van der Waals surface area contributed by atoms with E-state index in [1.54, 1.807) is 36.5 Å². The molecule has 0 saturated heterocycles. The molecule has 6 nitrogen and oxygen atoms in total. The molecule has 2 heterocycles. The van der Waals surface area contributed by atoms with Crippen LogP contribution in [0.1, 0.15) is 11.3 Å². The molecular formula is C22H14ClF3N4O2. The van der Waals surface area contributed by atoms with Crippen molar-refractivity contribution in [1.82, 2.24) is 19.9 Å². The zero-order valence-corrected chi connectivity index (χ0v) is 17.0. The zero-order chi connectivity index (χ0) is 22.7. The lowest BCUT2D eigenvalue weighted by atomic mass is 10.1. The van der Waals surface area contributed by atoms with Gasteiger partial charge in [-0.15, -0.1) is 0 Å². The monoisotopic (exact) mass is 458 g/mol. The molecule has 0 spiro atoms. The highest BCUT2D eigenvalue weighted by molar-refractivity contribution is 6.33. The van der Waals surface area contributed by atoms with Crippen molar-refractivity contribution in [2.75, 3.05) is 0 Å². The number of benzene rings is 2. The predicted molar refractivity (Wildman–Crippen MR) is 111 cm³/mol. The number of aromatic hydroxyl groups is 1. The Morgan fingerprint density at radius 2 is 1.62 bits per heavy atom. The van der Waals surface area contributed by atoms with E-state index in [9.17, 15) is 18.3 Å². The summed E-state index contributed by atoms with van der Waals surface area (Å²) in [6.45, 7) is 0.150. The second-order valence-corrected chi connectivity index (χ2v) is 6.99. The van der Waals surface area contributed by atoms with Crippen molar-refractivity contribution in [2.45, 2.75) is 12.8 Å². The first-order chi connectivity index (χ1) is 15.3. The maximum atomic E-state index is 12.8. The minimum atomic E-state index is -4.47. The van der Waals surface area contributed by atoms with Crippen molar-refractivity contribution in [2.24, 2.45) is 0 Å². The van der Waals surface area contributed by atoms with Crippen LogP contribution in [-0.4, -0.2) is 25.0 Å². The van der Waals surface area contributed by atoms with Crippen molar-refractivity contribution in [3.63, 3.8) is 0 Å². The van der Waals surface area contributed by atoms with Crippen molar-refractivity contribution in [3.8, 4) is 34.5 Å². The van der Waals surface area contributed by atoms with Gasteiger partial charge in [-0.25, -0.2) is 4.98 Å². The minimum absolute atomic E-state index is 0.00835. The quantitative estimate of drug-likeness (QED) is 0.422. The fourth-order valence-electron chi connectivity index (χ4n) is 2.89. The number of rotatable bonds is 5. The average molecular weight is 459 g/mol. The molecule has 10 heteroatoms. The van der Waals surface area contributed by atoms with Crippen LogP contribution < -0.4 is 4.74 Å². The fourth-order valence-corrected chi connectivity index (χ4v) is 3.14. The lowest BCUT2D eigenvalue weighted by molar-refractivity contribution is -0.137. The molecule has 0 radical (unpaired) electrons. The van der Waals surface area contributed by atoms with Crippen LogP contribution >= 0.6 is 11.6 Å². The summed E-state index contributed by atoms with van der Waals surface area (Å²) in [6.07, 6.45) is -2.83. The second-order valence-electron chi connectivity index (χ2n) is 6.58. The van der Waals surface area contributed by atoms with Gasteiger partial charge in [0.2, 0.25) is 0 Å². The molecule has 0 atom stereocenters. The zero-order valence-electron chi connectivity index (χ0n) is 16.2. The highest BCUT2D eigenvalue weighted by Gasteiger charge is 2.30. The van der Waals surface area contributed by atoms with Gasteiger partial charge in [0.1, 0.15) is 12.4 Å². The minimum Gasteiger partial charge on any atom is -0.486 e. The normalized spacial score (nSPS) is 11.4. The number of aromatic nitrogens is 4. The topological polar surface area (TPSA) is 81.0 Å². The van der Waals surface area contributed by atoms with E-state index in [-0.39, 0.29) is 28.8 Å². The Kier molecular flexibility index (Phi) is 5.91. The molecule has 0 aliphatic carbocycles. The van der Waals surface area contributed by atoms with Gasteiger partial charge in [0.05, 0.1) is 21.8 Å². The average Bonchev–Trinajstić information content (AvgIpc) is 2.77. The fraction of sp³-hybridized carbons (Fsp3) is 0.0909. The molecule has 162 valence electrons. The number of nitrogens with zero attached hydrogens (tertiary/aromatic N) is 4. The molecular weight excluding hydrogens is 445 g/mol. The molecule has 0 bridgehead atoms. The first-order valence-corrected chi connectivity index (χ1v) is 9.63. The first-order valence-electron chi connectivity index (χ1n) is 9.25. The van der Waals surface area contributed by atoms with Crippen LogP contribution in [-0.2, 0) is 12.8 Å². The summed E-state index contributed by atoms with van der Waals surface area (Å²) in [4.78, 5) is 16.3. The van der Waals surface area contributed by atoms with E-state index in [0.29, 0.717) is 17.0 Å². The van der Waals surface area contributed by atoms with E-state index in [1.165, 1.54) is 12.1 Å². The predicted octanol–water partition coefficient (Wildman–Crippen LogP) is 5.56. The molecule has 0 aliphatic heterocycles. The van der Waals surface area contributed by atoms with E-state index in [0.717, 1.165) is 12.1 Å². The Labute approximate surface area is 185 Å². The Bertz CT molecular complexity index is 1240. The SMILES string of the molecule is Oc1nc(-c2ccc(C(F)(F)F)cc2)nc(-c2c(Cl)cccc2OCc2ccccn2)n1. The largest absolute Gasteiger partial charge is 0.486 e. The molecule has 2 aromatic heterocycles. The third kappa shape index (κ3) is 4.78. The van der Waals surface area contributed by atoms with Crippen LogP contribution in [0.15, 0.2) is 66.9 Å². The third-order valence-electron chi connectivity index (χ3n) is 4.39. The molecule has 4 rings (SSSR count). The van der Waals surface area contributed by atoms with Gasteiger partial charge < -0.3 is 9.84 Å². The highest BCUT2D eigenvalue weighted by atomic mass is 35.5. The van der Waals surface area contributed by atoms with Gasteiger partial charge >= 0.3 is 12.2 Å². The molecule has 32 heavy (non-hydrogen) atoms. The Morgan fingerprint density at radius 1 is 0.875 bits per heavy atom. The molecule has 0 saturated carbocycles. The van der Waals surface area contributed by atoms with Gasteiger partial charge in [-0.3, -0.25) is 4.98 Å². The Hall–Kier alpha value is -3.72. The van der Waals surface area contributed by atoms with Crippen LogP contribution in [0.4, 0.5) is 13.2 Å². The van der Waals surface area contributed by atoms with Crippen molar-refractivity contribution >= 4 is 11.6 Å². The van der Waals surface area contributed by atoms with Crippen LogP contribution in [0.2, 0.25) is 5.02 Å². The van der Waals surface area contributed by atoms with Crippen LogP contribution in [0, 0.1) is 0 Å². The van der Waals surface area contributed by atoms with E-state index in [2.05, 4.69) is 19.9 Å². The number of hydrogen-bond acceptors (Lipinski definition) is 6. The summed E-state index contributed by atoms with van der Waals surface area (Å²) in [7, 11) is 0. The molecule has 2 aromatic carbocycles. The first kappa shape index (κ1) is 21.5. The van der Waals surface area contributed by atoms with Crippen molar-refractivity contribution in [3.05, 3.63) is 83.1 Å². The second kappa shape index (κ2) is 8.80. The molecule has 0 aliphatic rings. The smallest absolute Gasteiger partial charge is 0.416 e. The number of pyridine rings is 1. The summed E-state index contributed by atoms with van der Waals surface area (Å²) in [5, 5.41) is 10.3. The molecule has 0 unspecified atom stereocenters. The van der Waals surface area contributed by atoms with E-state index >= 15 is 0 Å². The van der Waals surface area contributed by atoms with Gasteiger partial charge in [-0.1, -0.05) is 35.9 Å². The number of hydrogen-bond donors (Lipinski definition) is 1. The van der Waals surface area contributed by atoms with E-state index in [1.807, 2.05) is 6.07 Å². The lowest BCUT2D eigenvalue weighted by Crippen LogP contribution is -2.04. The molecule has 1 N–H and O–H groups in total. The molecule has 0 amide bonds. The lowest BCUT2D eigenvalue weighted by Gasteiger charge is -2.13. The third-order valence-corrected chi connectivity index (χ3v) is 4.71. The van der Waals surface area contributed by atoms with Gasteiger partial charge in [-0.05, 0) is 36.4 Å². The van der Waals surface area contributed by atoms with Gasteiger partial charge in [0, 0.05) is 11.8 Å². The maximum Gasteiger partial charge on any atom is 0.416 e. The van der Waals surface area contributed by atoms with Crippen LogP contribution in [0.5, 0.6) is 11.8 Å². The Morgan fingerprint density at radius 3 is 2.31 bits per heavy atom. The van der Waals surface area contributed by atoms with E-state index < -0.39 is 17.8 Å². The molecule has 4 aromatic rings. The summed E-state index contributed by atoms with van der Waals surface area (Å²) in [5.74, 6) is 0.331. The summed E-state index contributed by atoms with van der Waals surface area (Å²) < 4.78 is 44.4. The van der Waals surface area contributed by atoms with Crippen molar-refractivity contribution < 1.29 is 23.0 Å². The standard InChI is InChI=1S/C22H14ClF3N4O2/c23-16-5-3-6-17(32-12-15-4-1-2-11-27-15)18(16)20-28-19(29-21(31)30-20)13-7-9-14(10-8-13)22(24,25)26/h1-11H,12H2,(H,28,29,30,31). The van der Waals surface area contributed by atoms with E-state index in [4.69, 9.17) is 16.3 Å². The van der Waals surface area contributed by atoms with Crippen LogP contribution in [0.25, 0.3) is 22.8 Å². The van der Waals surface area contributed by atoms with Crippen LogP contribution in [0.3, 0.4) is 0 Å². The number of alkyl halides is 3. The summed E-state index contributed by atoms with van der Waals surface area (Å²) in [5.41, 5.74) is 0.439. The number of ether oxygens (including phenoxy) is 1. The number of halogens is 4. The maximum absolute atomic E-state index is 12.8. The highest BCUT2D eigenvalue weighted by Crippen LogP contribution is 2.36. The van der Waals surface area contributed by atoms with Crippen molar-refractivity contribution in [1.29, 1.82) is 0 Å². The Balaban J connectivity index is 1.71. The van der Waals surface area contributed by atoms with Gasteiger partial charge in [0.25, 0.3) is 0 Å². The van der Waals surface area contributed by atoms with Gasteiger partial charge in [0.15, 0.2) is 11.6 Å². The summed E-state index contributed by atoms with van der Waals surface area (Å²) in [6, 6.07) is 14.0.